The van der Waals surface area contributed by atoms with Crippen LogP contribution in [-0.2, 0) is 18.4 Å². The van der Waals surface area contributed by atoms with Crippen LogP contribution in [0.2, 0.25) is 0 Å². The fraction of sp³-hybridized carbons (Fsp3) is 0.545. The summed E-state index contributed by atoms with van der Waals surface area (Å²) in [6.45, 7) is 3.33. The molecule has 0 bridgehead atoms. The molecule has 8 nitrogen and oxygen atoms in total. The zero-order valence-electron chi connectivity index (χ0n) is 11.7. The number of ether oxygens (including phenoxy) is 1. The lowest BCUT2D eigenvalue weighted by molar-refractivity contribution is 0.177. The third-order valence-corrected chi connectivity index (χ3v) is 3.30. The number of anilines is 1. The standard InChI is InChI=1S/C11H17N7OS/c1-4-5-12-8-6-10(14-9(13-8)7-19-3)20-11-15-16-17-18(11)2/h6H,4-5,7H2,1-3H3,(H,12,13,14). The molecule has 2 aromatic heterocycles. The van der Waals surface area contributed by atoms with Gasteiger partial charge in [0.15, 0.2) is 5.82 Å². The fourth-order valence-electron chi connectivity index (χ4n) is 1.46. The third-order valence-electron chi connectivity index (χ3n) is 2.36. The van der Waals surface area contributed by atoms with Crippen LogP contribution in [0.4, 0.5) is 5.82 Å². The summed E-state index contributed by atoms with van der Waals surface area (Å²) in [5.74, 6) is 1.41. The molecule has 0 atom stereocenters. The van der Waals surface area contributed by atoms with E-state index in [0.29, 0.717) is 17.6 Å². The number of hydrogen-bond donors (Lipinski definition) is 1. The molecule has 0 aliphatic rings. The molecule has 108 valence electrons. The van der Waals surface area contributed by atoms with Crippen LogP contribution in [0, 0.1) is 0 Å². The van der Waals surface area contributed by atoms with E-state index in [1.807, 2.05) is 6.07 Å². The minimum Gasteiger partial charge on any atom is -0.377 e. The summed E-state index contributed by atoms with van der Waals surface area (Å²) in [6.07, 6.45) is 1.03. The maximum Gasteiger partial charge on any atom is 0.215 e. The number of nitrogens with zero attached hydrogens (tertiary/aromatic N) is 6. The van der Waals surface area contributed by atoms with E-state index in [1.165, 1.54) is 11.8 Å². The lowest BCUT2D eigenvalue weighted by atomic mass is 10.4. The van der Waals surface area contributed by atoms with Crippen LogP contribution in [-0.4, -0.2) is 43.8 Å². The molecule has 20 heavy (non-hydrogen) atoms. The van der Waals surface area contributed by atoms with Crippen LogP contribution >= 0.6 is 11.8 Å². The molecule has 0 aromatic carbocycles. The molecule has 9 heteroatoms. The molecule has 0 saturated heterocycles. The van der Waals surface area contributed by atoms with Gasteiger partial charge in [-0.2, -0.15) is 0 Å². The Kier molecular flexibility index (Phi) is 5.24. The zero-order valence-corrected chi connectivity index (χ0v) is 12.5. The maximum absolute atomic E-state index is 5.09. The summed E-state index contributed by atoms with van der Waals surface area (Å²) in [5.41, 5.74) is 0. The predicted molar refractivity (Wildman–Crippen MR) is 74.4 cm³/mol. The summed E-state index contributed by atoms with van der Waals surface area (Å²) < 4.78 is 6.69. The number of aromatic nitrogens is 6. The Hall–Kier alpha value is -1.74. The Morgan fingerprint density at radius 1 is 1.40 bits per heavy atom. The molecule has 0 unspecified atom stereocenters. The van der Waals surface area contributed by atoms with Crippen molar-refractivity contribution in [2.45, 2.75) is 30.1 Å². The van der Waals surface area contributed by atoms with Crippen molar-refractivity contribution in [1.29, 1.82) is 0 Å². The first kappa shape index (κ1) is 14.7. The maximum atomic E-state index is 5.09. The van der Waals surface area contributed by atoms with Gasteiger partial charge >= 0.3 is 0 Å². The quantitative estimate of drug-likeness (QED) is 0.760. The van der Waals surface area contributed by atoms with Crippen LogP contribution in [0.3, 0.4) is 0 Å². The molecule has 1 N–H and O–H groups in total. The second-order valence-corrected chi connectivity index (χ2v) is 5.04. The van der Waals surface area contributed by atoms with Gasteiger partial charge in [0.1, 0.15) is 17.5 Å². The second kappa shape index (κ2) is 7.15. The minimum absolute atomic E-state index is 0.367. The van der Waals surface area contributed by atoms with E-state index in [4.69, 9.17) is 4.74 Å². The first-order chi connectivity index (χ1) is 9.72. The molecule has 0 fully saturated rings. The number of methoxy groups -OCH3 is 1. The van der Waals surface area contributed by atoms with Crippen LogP contribution in [0.25, 0.3) is 0 Å². The SMILES string of the molecule is CCCNc1cc(Sc2nnnn2C)nc(COC)n1. The lowest BCUT2D eigenvalue weighted by Crippen LogP contribution is -2.06. The molecule has 2 heterocycles. The first-order valence-electron chi connectivity index (χ1n) is 6.24. The Bertz CT molecular complexity index is 559. The van der Waals surface area contributed by atoms with Crippen molar-refractivity contribution in [2.75, 3.05) is 19.0 Å². The highest BCUT2D eigenvalue weighted by atomic mass is 32.2. The molecule has 2 rings (SSSR count). The molecule has 0 amide bonds. The van der Waals surface area contributed by atoms with E-state index in [1.54, 1.807) is 18.8 Å². The van der Waals surface area contributed by atoms with Crippen LogP contribution in [0.15, 0.2) is 16.2 Å². The van der Waals surface area contributed by atoms with E-state index in [-0.39, 0.29) is 0 Å². The molecular formula is C11H17N7OS. The second-order valence-electron chi connectivity index (χ2n) is 4.05. The van der Waals surface area contributed by atoms with E-state index in [9.17, 15) is 0 Å². The number of rotatable bonds is 7. The van der Waals surface area contributed by atoms with Crippen molar-refractivity contribution < 1.29 is 4.74 Å². The molecule has 2 aromatic rings. The summed E-state index contributed by atoms with van der Waals surface area (Å²) in [4.78, 5) is 8.82. The van der Waals surface area contributed by atoms with Crippen molar-refractivity contribution in [3.8, 4) is 0 Å². The van der Waals surface area contributed by atoms with Gasteiger partial charge < -0.3 is 10.1 Å². The summed E-state index contributed by atoms with van der Waals surface area (Å²) >= 11 is 1.39. The van der Waals surface area contributed by atoms with Gasteiger partial charge in [0.2, 0.25) is 5.16 Å². The molecular weight excluding hydrogens is 278 g/mol. The smallest absolute Gasteiger partial charge is 0.215 e. The Morgan fingerprint density at radius 3 is 2.90 bits per heavy atom. The molecule has 0 aliphatic carbocycles. The zero-order chi connectivity index (χ0) is 14.4. The van der Waals surface area contributed by atoms with Crippen molar-refractivity contribution >= 4 is 17.6 Å². The Morgan fingerprint density at radius 2 is 2.25 bits per heavy atom. The first-order valence-corrected chi connectivity index (χ1v) is 7.05. The molecule has 0 saturated carbocycles. The molecule has 0 spiro atoms. The normalized spacial score (nSPS) is 10.8. The topological polar surface area (TPSA) is 90.6 Å². The average Bonchev–Trinajstić information content (AvgIpc) is 2.82. The highest BCUT2D eigenvalue weighted by Crippen LogP contribution is 2.24. The van der Waals surface area contributed by atoms with Gasteiger partial charge in [-0.15, -0.1) is 5.10 Å². The van der Waals surface area contributed by atoms with E-state index < -0.39 is 0 Å². The summed E-state index contributed by atoms with van der Waals surface area (Å²) in [6, 6.07) is 1.88. The van der Waals surface area contributed by atoms with Gasteiger partial charge in [0.05, 0.1) is 0 Å². The number of hydrogen-bond acceptors (Lipinski definition) is 8. The average molecular weight is 295 g/mol. The summed E-state index contributed by atoms with van der Waals surface area (Å²) in [5, 5.41) is 16.0. The Labute approximate surface area is 121 Å². The van der Waals surface area contributed by atoms with Crippen molar-refractivity contribution in [1.82, 2.24) is 30.2 Å². The van der Waals surface area contributed by atoms with Gasteiger partial charge in [-0.05, 0) is 28.6 Å². The van der Waals surface area contributed by atoms with E-state index in [0.717, 1.165) is 23.8 Å². The van der Waals surface area contributed by atoms with Crippen molar-refractivity contribution in [2.24, 2.45) is 7.05 Å². The monoisotopic (exact) mass is 295 g/mol. The van der Waals surface area contributed by atoms with Crippen molar-refractivity contribution in [3.63, 3.8) is 0 Å². The predicted octanol–water partition coefficient (Wildman–Crippen LogP) is 1.12. The largest absolute Gasteiger partial charge is 0.377 e. The molecule has 0 radical (unpaired) electrons. The van der Waals surface area contributed by atoms with Crippen molar-refractivity contribution in [3.05, 3.63) is 11.9 Å². The van der Waals surface area contributed by atoms with E-state index >= 15 is 0 Å². The molecule has 0 aliphatic heterocycles. The Balaban J connectivity index is 2.21. The number of aryl methyl sites for hydroxylation is 1. The van der Waals surface area contributed by atoms with Crippen LogP contribution in [0.5, 0.6) is 0 Å². The van der Waals surface area contributed by atoms with Gasteiger partial charge in [0, 0.05) is 26.8 Å². The highest BCUT2D eigenvalue weighted by Gasteiger charge is 2.10. The number of nitrogens with one attached hydrogen (secondary N) is 1. The van der Waals surface area contributed by atoms with E-state index in [2.05, 4.69) is 37.7 Å². The van der Waals surface area contributed by atoms with Gasteiger partial charge in [-0.3, -0.25) is 0 Å². The minimum atomic E-state index is 0.367. The van der Waals surface area contributed by atoms with Gasteiger partial charge in [0.25, 0.3) is 0 Å². The van der Waals surface area contributed by atoms with Crippen LogP contribution in [0.1, 0.15) is 19.2 Å². The fourth-order valence-corrected chi connectivity index (χ4v) is 2.22. The van der Waals surface area contributed by atoms with Crippen LogP contribution < -0.4 is 5.32 Å². The number of tetrazole rings is 1. The summed E-state index contributed by atoms with van der Waals surface area (Å²) in [7, 11) is 3.41. The lowest BCUT2D eigenvalue weighted by Gasteiger charge is -2.08. The van der Waals surface area contributed by atoms with Gasteiger partial charge in [-0.25, -0.2) is 14.6 Å². The third kappa shape index (κ3) is 3.87. The highest BCUT2D eigenvalue weighted by molar-refractivity contribution is 7.99. The van der Waals surface area contributed by atoms with Gasteiger partial charge in [-0.1, -0.05) is 6.92 Å².